The molecule has 0 aliphatic rings. The first kappa shape index (κ1) is 11.1. The summed E-state index contributed by atoms with van der Waals surface area (Å²) in [6, 6.07) is 4.45. The van der Waals surface area contributed by atoms with Gasteiger partial charge in [0, 0.05) is 28.3 Å². The third-order valence-corrected chi connectivity index (χ3v) is 2.57. The Labute approximate surface area is 97.4 Å². The molecule has 1 aromatic carbocycles. The SMILES string of the molecule is NCCc1[nH]ncc1-c1cc(Cl)ccc1F. The first-order chi connectivity index (χ1) is 7.72. The highest BCUT2D eigenvalue weighted by molar-refractivity contribution is 6.30. The molecule has 0 aliphatic heterocycles. The minimum Gasteiger partial charge on any atom is -0.330 e. The van der Waals surface area contributed by atoms with Crippen molar-refractivity contribution in [2.45, 2.75) is 6.42 Å². The summed E-state index contributed by atoms with van der Waals surface area (Å²) in [6.45, 7) is 0.484. The van der Waals surface area contributed by atoms with E-state index < -0.39 is 0 Å². The summed E-state index contributed by atoms with van der Waals surface area (Å²) in [5.41, 5.74) is 7.45. The number of benzene rings is 1. The molecule has 84 valence electrons. The van der Waals surface area contributed by atoms with Crippen LogP contribution in [0.25, 0.3) is 11.1 Å². The Kier molecular flexibility index (Phi) is 3.22. The van der Waals surface area contributed by atoms with Gasteiger partial charge in [-0.05, 0) is 24.7 Å². The molecular weight excluding hydrogens is 229 g/mol. The van der Waals surface area contributed by atoms with Gasteiger partial charge in [-0.2, -0.15) is 5.10 Å². The van der Waals surface area contributed by atoms with E-state index in [4.69, 9.17) is 17.3 Å². The molecule has 2 aromatic rings. The normalized spacial score (nSPS) is 10.7. The van der Waals surface area contributed by atoms with Crippen molar-refractivity contribution in [2.75, 3.05) is 6.54 Å². The summed E-state index contributed by atoms with van der Waals surface area (Å²) >= 11 is 5.84. The van der Waals surface area contributed by atoms with Crippen LogP contribution in [-0.4, -0.2) is 16.7 Å². The second-order valence-electron chi connectivity index (χ2n) is 3.43. The van der Waals surface area contributed by atoms with Gasteiger partial charge in [0.1, 0.15) is 5.82 Å². The highest BCUT2D eigenvalue weighted by Crippen LogP contribution is 2.27. The number of rotatable bonds is 3. The lowest BCUT2D eigenvalue weighted by molar-refractivity contribution is 0.631. The van der Waals surface area contributed by atoms with Crippen LogP contribution in [-0.2, 0) is 6.42 Å². The van der Waals surface area contributed by atoms with Gasteiger partial charge in [0.05, 0.1) is 6.20 Å². The molecule has 0 bridgehead atoms. The zero-order valence-corrected chi connectivity index (χ0v) is 9.26. The van der Waals surface area contributed by atoms with Crippen molar-refractivity contribution in [2.24, 2.45) is 5.73 Å². The van der Waals surface area contributed by atoms with E-state index in [1.165, 1.54) is 12.1 Å². The van der Waals surface area contributed by atoms with Gasteiger partial charge in [-0.25, -0.2) is 4.39 Å². The Morgan fingerprint density at radius 2 is 2.19 bits per heavy atom. The molecule has 0 saturated carbocycles. The zero-order valence-electron chi connectivity index (χ0n) is 8.50. The Hall–Kier alpha value is -1.39. The van der Waals surface area contributed by atoms with Crippen molar-refractivity contribution < 1.29 is 4.39 Å². The number of nitrogens with two attached hydrogens (primary N) is 1. The molecule has 1 aromatic heterocycles. The van der Waals surface area contributed by atoms with Gasteiger partial charge in [0.15, 0.2) is 0 Å². The van der Waals surface area contributed by atoms with E-state index in [1.807, 2.05) is 0 Å². The van der Waals surface area contributed by atoms with Crippen molar-refractivity contribution >= 4 is 11.6 Å². The van der Waals surface area contributed by atoms with E-state index in [2.05, 4.69) is 10.2 Å². The summed E-state index contributed by atoms with van der Waals surface area (Å²) in [6.07, 6.45) is 2.21. The third-order valence-electron chi connectivity index (χ3n) is 2.33. The lowest BCUT2D eigenvalue weighted by Crippen LogP contribution is -2.04. The minimum atomic E-state index is -0.316. The maximum atomic E-state index is 13.6. The molecule has 0 unspecified atom stereocenters. The smallest absolute Gasteiger partial charge is 0.131 e. The molecule has 5 heteroatoms. The maximum absolute atomic E-state index is 13.6. The zero-order chi connectivity index (χ0) is 11.5. The van der Waals surface area contributed by atoms with Crippen LogP contribution in [0.2, 0.25) is 5.02 Å². The number of aromatic nitrogens is 2. The molecule has 2 rings (SSSR count). The van der Waals surface area contributed by atoms with E-state index in [0.717, 1.165) is 5.69 Å². The topological polar surface area (TPSA) is 54.7 Å². The van der Waals surface area contributed by atoms with Crippen LogP contribution >= 0.6 is 11.6 Å². The van der Waals surface area contributed by atoms with Crippen LogP contribution in [0.4, 0.5) is 4.39 Å². The number of hydrogen-bond donors (Lipinski definition) is 2. The van der Waals surface area contributed by atoms with Gasteiger partial charge in [-0.3, -0.25) is 5.10 Å². The highest BCUT2D eigenvalue weighted by atomic mass is 35.5. The lowest BCUT2D eigenvalue weighted by Gasteiger charge is -2.04. The van der Waals surface area contributed by atoms with E-state index >= 15 is 0 Å². The van der Waals surface area contributed by atoms with E-state index in [9.17, 15) is 4.39 Å². The molecule has 0 saturated heterocycles. The molecule has 0 atom stereocenters. The molecule has 0 aliphatic carbocycles. The largest absolute Gasteiger partial charge is 0.330 e. The van der Waals surface area contributed by atoms with Gasteiger partial charge in [-0.15, -0.1) is 0 Å². The predicted molar refractivity (Wildman–Crippen MR) is 61.8 cm³/mol. The number of hydrogen-bond acceptors (Lipinski definition) is 2. The average molecular weight is 240 g/mol. The van der Waals surface area contributed by atoms with Crippen molar-refractivity contribution in [3.63, 3.8) is 0 Å². The molecule has 0 radical (unpaired) electrons. The summed E-state index contributed by atoms with van der Waals surface area (Å²) in [4.78, 5) is 0. The van der Waals surface area contributed by atoms with Crippen molar-refractivity contribution in [1.82, 2.24) is 10.2 Å². The first-order valence-electron chi connectivity index (χ1n) is 4.90. The summed E-state index contributed by atoms with van der Waals surface area (Å²) in [7, 11) is 0. The molecule has 0 amide bonds. The number of H-pyrrole nitrogens is 1. The van der Waals surface area contributed by atoms with E-state index in [1.54, 1.807) is 12.3 Å². The van der Waals surface area contributed by atoms with Crippen molar-refractivity contribution in [3.8, 4) is 11.1 Å². The summed E-state index contributed by atoms with van der Waals surface area (Å²) in [5.74, 6) is -0.316. The van der Waals surface area contributed by atoms with Crippen molar-refractivity contribution in [3.05, 3.63) is 40.9 Å². The van der Waals surface area contributed by atoms with Gasteiger partial charge in [-0.1, -0.05) is 11.6 Å². The Balaban J connectivity index is 2.49. The number of aromatic amines is 1. The molecule has 1 heterocycles. The van der Waals surface area contributed by atoms with E-state index in [0.29, 0.717) is 29.1 Å². The second-order valence-corrected chi connectivity index (χ2v) is 3.86. The van der Waals surface area contributed by atoms with Crippen LogP contribution in [0.15, 0.2) is 24.4 Å². The van der Waals surface area contributed by atoms with E-state index in [-0.39, 0.29) is 5.82 Å². The molecular formula is C11H11ClFN3. The molecule has 16 heavy (non-hydrogen) atoms. The Bertz CT molecular complexity index is 496. The van der Waals surface area contributed by atoms with Gasteiger partial charge < -0.3 is 5.73 Å². The minimum absolute atomic E-state index is 0.316. The third kappa shape index (κ3) is 2.08. The fraction of sp³-hybridized carbons (Fsp3) is 0.182. The standard InChI is InChI=1S/C11H11ClFN3/c12-7-1-2-10(13)8(5-7)9-6-15-16-11(9)3-4-14/h1-2,5-6H,3-4,14H2,(H,15,16). The molecule has 0 fully saturated rings. The van der Waals surface area contributed by atoms with Gasteiger partial charge in [0.2, 0.25) is 0 Å². The number of halogens is 2. The predicted octanol–water partition coefficient (Wildman–Crippen LogP) is 2.37. The number of nitrogens with one attached hydrogen (secondary N) is 1. The average Bonchev–Trinajstić information content (AvgIpc) is 2.70. The fourth-order valence-corrected chi connectivity index (χ4v) is 1.76. The molecule has 3 N–H and O–H groups in total. The van der Waals surface area contributed by atoms with Gasteiger partial charge >= 0.3 is 0 Å². The molecule has 3 nitrogen and oxygen atoms in total. The van der Waals surface area contributed by atoms with Crippen LogP contribution in [0.5, 0.6) is 0 Å². The Morgan fingerprint density at radius 1 is 1.38 bits per heavy atom. The van der Waals surface area contributed by atoms with Crippen LogP contribution in [0, 0.1) is 5.82 Å². The number of nitrogens with zero attached hydrogens (tertiary/aromatic N) is 1. The fourth-order valence-electron chi connectivity index (χ4n) is 1.58. The van der Waals surface area contributed by atoms with Crippen LogP contribution in [0.3, 0.4) is 0 Å². The lowest BCUT2D eigenvalue weighted by atomic mass is 10.0. The first-order valence-corrected chi connectivity index (χ1v) is 5.28. The van der Waals surface area contributed by atoms with Crippen LogP contribution < -0.4 is 5.73 Å². The summed E-state index contributed by atoms with van der Waals surface area (Å²) in [5, 5.41) is 7.21. The highest BCUT2D eigenvalue weighted by Gasteiger charge is 2.11. The monoisotopic (exact) mass is 239 g/mol. The quantitative estimate of drug-likeness (QED) is 0.864. The Morgan fingerprint density at radius 3 is 2.94 bits per heavy atom. The van der Waals surface area contributed by atoms with Crippen molar-refractivity contribution in [1.29, 1.82) is 0 Å². The van der Waals surface area contributed by atoms with Gasteiger partial charge in [0.25, 0.3) is 0 Å². The second kappa shape index (κ2) is 4.63. The summed E-state index contributed by atoms with van der Waals surface area (Å²) < 4.78 is 13.6. The van der Waals surface area contributed by atoms with Crippen LogP contribution in [0.1, 0.15) is 5.69 Å². The maximum Gasteiger partial charge on any atom is 0.131 e. The molecule has 0 spiro atoms.